The molecular formula is C6H6BrClFNO. The zero-order valence-electron chi connectivity index (χ0n) is 5.77. The summed E-state index contributed by atoms with van der Waals surface area (Å²) in [6.45, 7) is 1.20. The van der Waals surface area contributed by atoms with Crippen molar-refractivity contribution in [1.82, 2.24) is 0 Å². The molecule has 0 fully saturated rings. The summed E-state index contributed by atoms with van der Waals surface area (Å²) in [5.74, 6) is -0.534. The molecule has 0 radical (unpaired) electrons. The Morgan fingerprint density at radius 1 is 1.82 bits per heavy atom. The molecule has 0 aliphatic rings. The monoisotopic (exact) mass is 241 g/mol. The molecule has 0 unspecified atom stereocenters. The first-order valence-corrected chi connectivity index (χ1v) is 4.23. The summed E-state index contributed by atoms with van der Waals surface area (Å²) in [4.78, 5) is 9.94. The lowest BCUT2D eigenvalue weighted by atomic mass is 10.4. The van der Waals surface area contributed by atoms with Crippen LogP contribution >= 0.6 is 27.5 Å². The second kappa shape index (κ2) is 5.43. The third kappa shape index (κ3) is 4.27. The van der Waals surface area contributed by atoms with Crippen molar-refractivity contribution in [3.8, 4) is 0 Å². The lowest BCUT2D eigenvalue weighted by molar-refractivity contribution is 0.637. The van der Waals surface area contributed by atoms with Gasteiger partial charge in [-0.2, -0.15) is 0 Å². The summed E-state index contributed by atoms with van der Waals surface area (Å²) in [6, 6.07) is 0. The number of hydrogen-bond donors (Lipinski definition) is 0. The van der Waals surface area contributed by atoms with Crippen molar-refractivity contribution >= 4 is 27.5 Å². The molecule has 0 saturated heterocycles. The van der Waals surface area contributed by atoms with E-state index in [0.29, 0.717) is 0 Å². The SMILES string of the molecule is C/C(F)=C(Cl)\C=C(/CBr)N=O. The minimum absolute atomic E-state index is 0.0981. The van der Waals surface area contributed by atoms with E-state index in [1.807, 2.05) is 0 Å². The molecule has 0 N–H and O–H groups in total. The summed E-state index contributed by atoms with van der Waals surface area (Å²) in [5.41, 5.74) is 0.159. The highest BCUT2D eigenvalue weighted by Gasteiger charge is 1.98. The van der Waals surface area contributed by atoms with Gasteiger partial charge in [-0.15, -0.1) is 4.91 Å². The zero-order valence-corrected chi connectivity index (χ0v) is 8.12. The first-order chi connectivity index (χ1) is 5.11. The van der Waals surface area contributed by atoms with Crippen LogP contribution in [-0.2, 0) is 0 Å². The Labute approximate surface area is 77.2 Å². The van der Waals surface area contributed by atoms with Gasteiger partial charge in [-0.25, -0.2) is 4.39 Å². The van der Waals surface area contributed by atoms with Gasteiger partial charge in [0.05, 0.1) is 10.7 Å². The fourth-order valence-corrected chi connectivity index (χ4v) is 0.725. The third-order valence-corrected chi connectivity index (χ3v) is 1.82. The highest BCUT2D eigenvalue weighted by molar-refractivity contribution is 9.09. The van der Waals surface area contributed by atoms with Crippen molar-refractivity contribution in [3.05, 3.63) is 27.5 Å². The van der Waals surface area contributed by atoms with E-state index in [0.717, 1.165) is 0 Å². The predicted octanol–water partition coefficient (Wildman–Crippen LogP) is 3.47. The number of halogens is 3. The molecule has 0 aromatic carbocycles. The molecule has 0 saturated carbocycles. The quantitative estimate of drug-likeness (QED) is 0.423. The van der Waals surface area contributed by atoms with E-state index in [1.54, 1.807) is 0 Å². The van der Waals surface area contributed by atoms with Crippen LogP contribution in [0.1, 0.15) is 6.92 Å². The van der Waals surface area contributed by atoms with Gasteiger partial charge in [0.1, 0.15) is 5.83 Å². The molecule has 11 heavy (non-hydrogen) atoms. The van der Waals surface area contributed by atoms with Crippen molar-refractivity contribution in [3.63, 3.8) is 0 Å². The standard InChI is InChI=1S/C6H6BrClFNO/c1-4(9)6(8)2-5(3-7)10-11/h2H,3H2,1H3/b5-2+,6-4-. The van der Waals surface area contributed by atoms with Crippen LogP contribution in [0.5, 0.6) is 0 Å². The summed E-state index contributed by atoms with van der Waals surface area (Å²) in [5, 5.41) is 2.77. The van der Waals surface area contributed by atoms with E-state index in [1.165, 1.54) is 13.0 Å². The number of alkyl halides is 1. The number of nitrogens with zero attached hydrogens (tertiary/aromatic N) is 1. The molecular weight excluding hydrogens is 236 g/mol. The summed E-state index contributed by atoms with van der Waals surface area (Å²) >= 11 is 8.36. The largest absolute Gasteiger partial charge is 0.211 e. The highest BCUT2D eigenvalue weighted by atomic mass is 79.9. The lowest BCUT2D eigenvalue weighted by Gasteiger charge is -1.91. The minimum atomic E-state index is -0.534. The van der Waals surface area contributed by atoms with Crippen LogP contribution < -0.4 is 0 Å². The van der Waals surface area contributed by atoms with Gasteiger partial charge in [0.15, 0.2) is 0 Å². The van der Waals surface area contributed by atoms with Gasteiger partial charge >= 0.3 is 0 Å². The van der Waals surface area contributed by atoms with Gasteiger partial charge in [0, 0.05) is 5.33 Å². The maximum atomic E-state index is 12.3. The molecule has 0 heterocycles. The Kier molecular flexibility index (Phi) is 5.32. The molecule has 0 aromatic heterocycles. The van der Waals surface area contributed by atoms with Crippen LogP contribution in [0.3, 0.4) is 0 Å². The van der Waals surface area contributed by atoms with Crippen LogP contribution in [0, 0.1) is 4.91 Å². The Morgan fingerprint density at radius 3 is 2.64 bits per heavy atom. The summed E-state index contributed by atoms with van der Waals surface area (Å²) in [6.07, 6.45) is 1.18. The summed E-state index contributed by atoms with van der Waals surface area (Å²) in [7, 11) is 0. The highest BCUT2D eigenvalue weighted by Crippen LogP contribution is 2.15. The molecule has 0 spiro atoms. The molecule has 0 aliphatic carbocycles. The van der Waals surface area contributed by atoms with Gasteiger partial charge in [-0.1, -0.05) is 27.5 Å². The van der Waals surface area contributed by atoms with Gasteiger partial charge in [0.25, 0.3) is 0 Å². The fourth-order valence-electron chi connectivity index (χ4n) is 0.335. The predicted molar refractivity (Wildman–Crippen MR) is 47.3 cm³/mol. The molecule has 0 rings (SSSR count). The molecule has 5 heteroatoms. The first-order valence-electron chi connectivity index (χ1n) is 2.73. The van der Waals surface area contributed by atoms with Gasteiger partial charge < -0.3 is 0 Å². The topological polar surface area (TPSA) is 29.4 Å². The maximum absolute atomic E-state index is 12.3. The van der Waals surface area contributed by atoms with Gasteiger partial charge in [-0.05, 0) is 18.2 Å². The Morgan fingerprint density at radius 2 is 2.36 bits per heavy atom. The Bertz CT molecular complexity index is 211. The molecule has 62 valence electrons. The number of rotatable bonds is 3. The molecule has 0 atom stereocenters. The van der Waals surface area contributed by atoms with Gasteiger partial charge in [-0.3, -0.25) is 0 Å². The second-order valence-electron chi connectivity index (χ2n) is 1.74. The Hall–Kier alpha value is -0.220. The normalized spacial score (nSPS) is 14.4. The smallest absolute Gasteiger partial charge is 0.115 e. The summed E-state index contributed by atoms with van der Waals surface area (Å²) < 4.78 is 12.3. The molecule has 0 bridgehead atoms. The fraction of sp³-hybridized carbons (Fsp3) is 0.333. The van der Waals surface area contributed by atoms with Crippen molar-refractivity contribution in [1.29, 1.82) is 0 Å². The van der Waals surface area contributed by atoms with Crippen LogP contribution in [-0.4, -0.2) is 5.33 Å². The Balaban J connectivity index is 4.52. The second-order valence-corrected chi connectivity index (χ2v) is 2.71. The number of hydrogen-bond acceptors (Lipinski definition) is 2. The third-order valence-electron chi connectivity index (χ3n) is 0.877. The van der Waals surface area contributed by atoms with E-state index in [9.17, 15) is 9.30 Å². The first kappa shape index (κ1) is 10.8. The van der Waals surface area contributed by atoms with Crippen LogP contribution in [0.4, 0.5) is 4.39 Å². The lowest BCUT2D eigenvalue weighted by Crippen LogP contribution is -1.78. The minimum Gasteiger partial charge on any atom is -0.211 e. The van der Waals surface area contributed by atoms with E-state index >= 15 is 0 Å². The van der Waals surface area contributed by atoms with Crippen LogP contribution in [0.15, 0.2) is 27.8 Å². The molecule has 0 amide bonds. The maximum Gasteiger partial charge on any atom is 0.115 e. The molecule has 0 aliphatic heterocycles. The van der Waals surface area contributed by atoms with Crippen molar-refractivity contribution < 1.29 is 4.39 Å². The average Bonchev–Trinajstić information content (AvgIpc) is 1.99. The number of nitroso groups, excluding NO2 is 1. The van der Waals surface area contributed by atoms with E-state index in [-0.39, 0.29) is 16.1 Å². The average molecular weight is 242 g/mol. The van der Waals surface area contributed by atoms with Crippen LogP contribution in [0.2, 0.25) is 0 Å². The molecule has 0 aromatic rings. The number of allylic oxidation sites excluding steroid dienone is 4. The van der Waals surface area contributed by atoms with E-state index in [4.69, 9.17) is 11.6 Å². The van der Waals surface area contributed by atoms with Crippen molar-refractivity contribution in [2.45, 2.75) is 6.92 Å². The van der Waals surface area contributed by atoms with Crippen molar-refractivity contribution in [2.75, 3.05) is 5.33 Å². The van der Waals surface area contributed by atoms with Crippen molar-refractivity contribution in [2.24, 2.45) is 5.18 Å². The van der Waals surface area contributed by atoms with E-state index < -0.39 is 5.83 Å². The zero-order chi connectivity index (χ0) is 8.85. The van der Waals surface area contributed by atoms with Gasteiger partial charge in [0.2, 0.25) is 0 Å². The van der Waals surface area contributed by atoms with Crippen LogP contribution in [0.25, 0.3) is 0 Å². The van der Waals surface area contributed by atoms with E-state index in [2.05, 4.69) is 21.1 Å². The molecule has 2 nitrogen and oxygen atoms in total.